The van der Waals surface area contributed by atoms with Crippen LogP contribution in [-0.4, -0.2) is 29.0 Å². The molecule has 3 aromatic carbocycles. The van der Waals surface area contributed by atoms with Crippen LogP contribution in [-0.2, 0) is 6.42 Å². The van der Waals surface area contributed by atoms with Crippen molar-refractivity contribution in [2.75, 3.05) is 6.54 Å². The third-order valence-corrected chi connectivity index (χ3v) is 4.95. The van der Waals surface area contributed by atoms with E-state index in [1.165, 1.54) is 23.8 Å². The van der Waals surface area contributed by atoms with Gasteiger partial charge in [-0.3, -0.25) is 9.89 Å². The number of aryl methyl sites for hydroxylation is 1. The van der Waals surface area contributed by atoms with Gasteiger partial charge in [-0.25, -0.2) is 0 Å². The molecule has 0 atom stereocenters. The summed E-state index contributed by atoms with van der Waals surface area (Å²) >= 11 is 0. The first-order valence-corrected chi connectivity index (χ1v) is 10.8. The van der Waals surface area contributed by atoms with E-state index in [9.17, 15) is 18.0 Å². The highest BCUT2D eigenvalue weighted by Gasteiger charge is 2.33. The first-order valence-electron chi connectivity index (χ1n) is 10.8. The largest absolute Gasteiger partial charge is 0.573 e. The smallest absolute Gasteiger partial charge is 0.405 e. The zero-order valence-corrected chi connectivity index (χ0v) is 18.8. The Morgan fingerprint density at radius 2 is 1.60 bits per heavy atom. The molecule has 1 amide bonds. The Morgan fingerprint density at radius 3 is 2.20 bits per heavy atom. The average molecular weight is 483 g/mol. The van der Waals surface area contributed by atoms with Gasteiger partial charge in [-0.2, -0.15) is 5.10 Å². The zero-order chi connectivity index (χ0) is 25.3. The molecule has 1 heterocycles. The topological polar surface area (TPSA) is 107 Å². The quantitative estimate of drug-likeness (QED) is 0.331. The average Bonchev–Trinajstić information content (AvgIpc) is 3.33. The van der Waals surface area contributed by atoms with Crippen LogP contribution in [0.4, 0.5) is 13.2 Å². The number of benzene rings is 3. The molecule has 0 saturated heterocycles. The van der Waals surface area contributed by atoms with E-state index in [2.05, 4.69) is 39.2 Å². The van der Waals surface area contributed by atoms with E-state index in [-0.39, 0.29) is 16.8 Å². The Balaban J connectivity index is 0.000000287. The van der Waals surface area contributed by atoms with Gasteiger partial charge >= 0.3 is 6.36 Å². The van der Waals surface area contributed by atoms with Gasteiger partial charge in [0.15, 0.2) is 0 Å². The van der Waals surface area contributed by atoms with Gasteiger partial charge in [0.05, 0.1) is 22.5 Å². The van der Waals surface area contributed by atoms with E-state index >= 15 is 0 Å². The molecule has 4 aromatic rings. The molecule has 0 aliphatic heterocycles. The van der Waals surface area contributed by atoms with Gasteiger partial charge in [0.25, 0.3) is 0 Å². The van der Waals surface area contributed by atoms with Crippen LogP contribution in [0.25, 0.3) is 22.5 Å². The van der Waals surface area contributed by atoms with Crippen molar-refractivity contribution in [1.82, 2.24) is 10.2 Å². The summed E-state index contributed by atoms with van der Waals surface area (Å²) in [6.45, 7) is 0.787. The van der Waals surface area contributed by atoms with Crippen LogP contribution in [0.15, 0.2) is 84.9 Å². The molecule has 6 nitrogen and oxygen atoms in total. The van der Waals surface area contributed by atoms with Crippen molar-refractivity contribution < 1.29 is 22.7 Å². The number of aromatic amines is 1. The first-order chi connectivity index (χ1) is 16.8. The van der Waals surface area contributed by atoms with Crippen LogP contribution in [0, 0.1) is 0 Å². The lowest BCUT2D eigenvalue weighted by Gasteiger charge is -2.14. The van der Waals surface area contributed by atoms with Crippen molar-refractivity contribution in [3.8, 4) is 28.3 Å². The highest BCUT2D eigenvalue weighted by molar-refractivity contribution is 6.01. The first kappa shape index (κ1) is 25.5. The molecule has 182 valence electrons. The fourth-order valence-corrected chi connectivity index (χ4v) is 3.38. The van der Waals surface area contributed by atoms with Crippen LogP contribution in [0.5, 0.6) is 5.75 Å². The van der Waals surface area contributed by atoms with Gasteiger partial charge in [0.2, 0.25) is 5.91 Å². The summed E-state index contributed by atoms with van der Waals surface area (Å²) in [5, 5.41) is 6.72. The van der Waals surface area contributed by atoms with Crippen LogP contribution in [0.2, 0.25) is 0 Å². The van der Waals surface area contributed by atoms with Gasteiger partial charge in [0, 0.05) is 5.56 Å². The number of nitrogens with two attached hydrogens (primary N) is 2. The van der Waals surface area contributed by atoms with Crippen LogP contribution in [0.1, 0.15) is 22.3 Å². The van der Waals surface area contributed by atoms with E-state index in [0.29, 0.717) is 5.69 Å². The Kier molecular flexibility index (Phi) is 8.63. The van der Waals surface area contributed by atoms with Gasteiger partial charge in [-0.05, 0) is 43.1 Å². The summed E-state index contributed by atoms with van der Waals surface area (Å²) in [6.07, 6.45) is -2.71. The maximum absolute atomic E-state index is 12.7. The molecule has 0 saturated carbocycles. The molecule has 0 fully saturated rings. The lowest BCUT2D eigenvalue weighted by atomic mass is 10.0. The minimum Gasteiger partial charge on any atom is -0.405 e. The number of alkyl halides is 3. The van der Waals surface area contributed by atoms with Crippen molar-refractivity contribution in [3.05, 3.63) is 96.1 Å². The molecule has 0 spiro atoms. The van der Waals surface area contributed by atoms with Gasteiger partial charge in [0.1, 0.15) is 5.75 Å². The van der Waals surface area contributed by atoms with E-state index in [4.69, 9.17) is 11.5 Å². The second-order valence-electron chi connectivity index (χ2n) is 7.50. The Hall–Kier alpha value is -4.11. The highest BCUT2D eigenvalue weighted by Crippen LogP contribution is 2.36. The number of aromatic nitrogens is 2. The molecule has 9 heteroatoms. The maximum atomic E-state index is 12.7. The number of nitrogens with one attached hydrogen (secondary N) is 1. The van der Waals surface area contributed by atoms with Crippen molar-refractivity contribution >= 4 is 5.91 Å². The zero-order valence-electron chi connectivity index (χ0n) is 18.8. The van der Waals surface area contributed by atoms with E-state index in [1.54, 1.807) is 24.3 Å². The summed E-state index contributed by atoms with van der Waals surface area (Å²) in [5.74, 6) is -1.41. The number of nitrogens with zero attached hydrogens (tertiary/aromatic N) is 1. The third kappa shape index (κ3) is 7.44. The van der Waals surface area contributed by atoms with Crippen molar-refractivity contribution in [3.63, 3.8) is 0 Å². The molecular weight excluding hydrogens is 457 g/mol. The molecule has 4 rings (SSSR count). The molecule has 35 heavy (non-hydrogen) atoms. The van der Waals surface area contributed by atoms with Gasteiger partial charge < -0.3 is 16.2 Å². The fraction of sp³-hybridized carbons (Fsp3) is 0.154. The number of ether oxygens (including phenoxy) is 1. The summed E-state index contributed by atoms with van der Waals surface area (Å²) in [5.41, 5.74) is 13.3. The Bertz CT molecular complexity index is 1230. The summed E-state index contributed by atoms with van der Waals surface area (Å²) < 4.78 is 42.1. The van der Waals surface area contributed by atoms with E-state index in [1.807, 2.05) is 12.1 Å². The lowest BCUT2D eigenvalue weighted by Crippen LogP contribution is -2.19. The molecule has 5 N–H and O–H groups in total. The Labute approximate surface area is 200 Å². The molecule has 0 radical (unpaired) electrons. The lowest BCUT2D eigenvalue weighted by molar-refractivity contribution is -0.274. The second-order valence-corrected chi connectivity index (χ2v) is 7.50. The monoisotopic (exact) mass is 482 g/mol. The number of halogens is 3. The number of carbonyl (C=O) groups excluding carboxylic acids is 1. The van der Waals surface area contributed by atoms with Crippen LogP contribution >= 0.6 is 0 Å². The highest BCUT2D eigenvalue weighted by atomic mass is 19.4. The minimum atomic E-state index is -4.91. The molecule has 0 unspecified atom stereocenters. The van der Waals surface area contributed by atoms with E-state index < -0.39 is 18.0 Å². The van der Waals surface area contributed by atoms with Crippen molar-refractivity contribution in [1.29, 1.82) is 0 Å². The number of rotatable bonds is 7. The molecular formula is C26H25F3N4O2. The second kappa shape index (κ2) is 11.8. The van der Waals surface area contributed by atoms with Crippen LogP contribution in [0.3, 0.4) is 0 Å². The fourth-order valence-electron chi connectivity index (χ4n) is 3.38. The number of H-pyrrole nitrogens is 1. The third-order valence-electron chi connectivity index (χ3n) is 4.95. The van der Waals surface area contributed by atoms with Crippen LogP contribution < -0.4 is 16.2 Å². The summed E-state index contributed by atoms with van der Waals surface area (Å²) in [6, 6.07) is 24.7. The number of hydrogen-bond acceptors (Lipinski definition) is 4. The van der Waals surface area contributed by atoms with Gasteiger partial charge in [-0.15, -0.1) is 13.2 Å². The maximum Gasteiger partial charge on any atom is 0.573 e. The van der Waals surface area contributed by atoms with Crippen molar-refractivity contribution in [2.45, 2.75) is 19.2 Å². The van der Waals surface area contributed by atoms with E-state index in [0.717, 1.165) is 31.0 Å². The number of amides is 1. The number of primary amides is 1. The summed E-state index contributed by atoms with van der Waals surface area (Å²) in [7, 11) is 0. The van der Waals surface area contributed by atoms with Gasteiger partial charge in [-0.1, -0.05) is 66.7 Å². The normalized spacial score (nSPS) is 10.9. The SMILES string of the molecule is NC(=O)c1cccc(OC(F)(F)F)c1-c1cc(-c2ccccc2)n[nH]1.NCCCc1ccccc1. The molecule has 0 aliphatic carbocycles. The molecule has 0 bridgehead atoms. The Morgan fingerprint density at radius 1 is 0.943 bits per heavy atom. The molecule has 1 aromatic heterocycles. The predicted molar refractivity (Wildman–Crippen MR) is 128 cm³/mol. The number of hydrogen-bond donors (Lipinski definition) is 3. The predicted octanol–water partition coefficient (Wildman–Crippen LogP) is 5.32. The summed E-state index contributed by atoms with van der Waals surface area (Å²) in [4.78, 5) is 11.6. The van der Waals surface area contributed by atoms with Crippen molar-refractivity contribution in [2.24, 2.45) is 11.5 Å². The minimum absolute atomic E-state index is 0.0954. The molecule has 0 aliphatic rings. The standard InChI is InChI=1S/C17H12F3N3O2.C9H13N/c18-17(19,20)25-14-8-4-7-11(16(21)24)15(14)13-9-12(22-23-13)10-5-2-1-3-6-10;10-8-4-7-9-5-2-1-3-6-9/h1-9H,(H2,21,24)(H,22,23);1-3,5-6H,4,7-8,10H2. The number of carbonyl (C=O) groups is 1.